The molecule has 0 bridgehead atoms. The molecule has 6 nitrogen and oxygen atoms in total. The Balaban J connectivity index is 0.00000300. The molecule has 1 saturated heterocycles. The van der Waals surface area contributed by atoms with E-state index in [-0.39, 0.29) is 29.7 Å². The number of piperidine rings is 1. The molecule has 0 aliphatic carbocycles. The lowest BCUT2D eigenvalue weighted by atomic mass is 10.0. The molecule has 0 spiro atoms. The van der Waals surface area contributed by atoms with Gasteiger partial charge in [-0.05, 0) is 36.6 Å². The number of ether oxygens (including phenoxy) is 1. The summed E-state index contributed by atoms with van der Waals surface area (Å²) in [6, 6.07) is 16.2. The number of nitrogens with zero attached hydrogens (tertiary/aromatic N) is 2. The first-order chi connectivity index (χ1) is 13.7. The van der Waals surface area contributed by atoms with Crippen molar-refractivity contribution >= 4 is 29.9 Å². The highest BCUT2D eigenvalue weighted by molar-refractivity contribution is 14.0. The molecule has 0 aromatic heterocycles. The van der Waals surface area contributed by atoms with Crippen molar-refractivity contribution in [3.8, 4) is 11.5 Å². The van der Waals surface area contributed by atoms with Gasteiger partial charge < -0.3 is 20.5 Å². The lowest BCUT2D eigenvalue weighted by molar-refractivity contribution is 0.198. The maximum Gasteiger partial charge on any atom is 0.191 e. The van der Waals surface area contributed by atoms with E-state index >= 15 is 0 Å². The average Bonchev–Trinajstić information content (AvgIpc) is 2.74. The fraction of sp³-hybridized carbons (Fsp3) is 0.409. The van der Waals surface area contributed by atoms with Crippen molar-refractivity contribution in [3.05, 3.63) is 59.7 Å². The fourth-order valence-electron chi connectivity index (χ4n) is 3.47. The molecule has 1 aliphatic rings. The molecular formula is C22H31IN4O2. The molecule has 0 saturated carbocycles. The molecule has 0 unspecified atom stereocenters. The highest BCUT2D eigenvalue weighted by Gasteiger charge is 2.20. The SMILES string of the molecule is CN=C(NCc1cc(OC)ccc1O)NC1CCN(Cc2ccccc2)CC1.I. The van der Waals surface area contributed by atoms with E-state index in [1.807, 2.05) is 6.07 Å². The number of nitrogens with one attached hydrogen (secondary N) is 2. The molecule has 1 aliphatic heterocycles. The van der Waals surface area contributed by atoms with E-state index in [1.54, 1.807) is 26.3 Å². The van der Waals surface area contributed by atoms with Crippen LogP contribution in [-0.4, -0.2) is 49.3 Å². The molecule has 1 fully saturated rings. The van der Waals surface area contributed by atoms with Crippen LogP contribution in [0.5, 0.6) is 11.5 Å². The summed E-state index contributed by atoms with van der Waals surface area (Å²) in [5.74, 6) is 1.73. The Labute approximate surface area is 190 Å². The first-order valence-corrected chi connectivity index (χ1v) is 9.77. The Bertz CT molecular complexity index is 778. The van der Waals surface area contributed by atoms with Gasteiger partial charge in [0.1, 0.15) is 11.5 Å². The van der Waals surface area contributed by atoms with Crippen LogP contribution in [-0.2, 0) is 13.1 Å². The number of hydrogen-bond donors (Lipinski definition) is 3. The fourth-order valence-corrected chi connectivity index (χ4v) is 3.47. The number of benzene rings is 2. The Morgan fingerprint density at radius 2 is 1.90 bits per heavy atom. The van der Waals surface area contributed by atoms with Gasteiger partial charge >= 0.3 is 0 Å². The van der Waals surface area contributed by atoms with Crippen LogP contribution in [0, 0.1) is 0 Å². The van der Waals surface area contributed by atoms with Crippen LogP contribution in [0.15, 0.2) is 53.5 Å². The maximum absolute atomic E-state index is 10.0. The Morgan fingerprint density at radius 1 is 1.17 bits per heavy atom. The van der Waals surface area contributed by atoms with Crippen molar-refractivity contribution in [2.75, 3.05) is 27.2 Å². The second-order valence-corrected chi connectivity index (χ2v) is 7.10. The third kappa shape index (κ3) is 7.08. The van der Waals surface area contributed by atoms with Crippen molar-refractivity contribution < 1.29 is 9.84 Å². The normalized spacial score (nSPS) is 15.4. The van der Waals surface area contributed by atoms with E-state index in [0.717, 1.165) is 49.7 Å². The first-order valence-electron chi connectivity index (χ1n) is 9.77. The number of aromatic hydroxyl groups is 1. The van der Waals surface area contributed by atoms with Crippen molar-refractivity contribution in [2.24, 2.45) is 4.99 Å². The molecular weight excluding hydrogens is 479 g/mol. The number of likely N-dealkylation sites (tertiary alicyclic amines) is 1. The van der Waals surface area contributed by atoms with Crippen LogP contribution in [0.2, 0.25) is 0 Å². The monoisotopic (exact) mass is 510 g/mol. The van der Waals surface area contributed by atoms with Gasteiger partial charge in [-0.2, -0.15) is 0 Å². The van der Waals surface area contributed by atoms with Gasteiger partial charge in [-0.15, -0.1) is 24.0 Å². The zero-order chi connectivity index (χ0) is 19.8. The predicted octanol–water partition coefficient (Wildman–Crippen LogP) is 3.35. The number of guanidine groups is 1. The number of phenolic OH excluding ortho intramolecular Hbond substituents is 1. The van der Waals surface area contributed by atoms with Crippen LogP contribution in [0.3, 0.4) is 0 Å². The summed E-state index contributed by atoms with van der Waals surface area (Å²) in [5.41, 5.74) is 2.14. The van der Waals surface area contributed by atoms with Gasteiger partial charge in [0.25, 0.3) is 0 Å². The van der Waals surface area contributed by atoms with E-state index in [1.165, 1.54) is 5.56 Å². The summed E-state index contributed by atoms with van der Waals surface area (Å²) in [5, 5.41) is 16.8. The molecule has 2 aromatic carbocycles. The van der Waals surface area contributed by atoms with E-state index in [4.69, 9.17) is 4.74 Å². The topological polar surface area (TPSA) is 69.1 Å². The highest BCUT2D eigenvalue weighted by atomic mass is 127. The number of hydrogen-bond acceptors (Lipinski definition) is 4. The van der Waals surface area contributed by atoms with E-state index in [0.29, 0.717) is 12.6 Å². The summed E-state index contributed by atoms with van der Waals surface area (Å²) >= 11 is 0. The van der Waals surface area contributed by atoms with Crippen LogP contribution < -0.4 is 15.4 Å². The lowest BCUT2D eigenvalue weighted by Crippen LogP contribution is -2.48. The van der Waals surface area contributed by atoms with Crippen molar-refractivity contribution in [1.82, 2.24) is 15.5 Å². The summed E-state index contributed by atoms with van der Waals surface area (Å²) in [6.45, 7) is 3.63. The molecule has 158 valence electrons. The zero-order valence-electron chi connectivity index (χ0n) is 17.1. The third-order valence-electron chi connectivity index (χ3n) is 5.13. The van der Waals surface area contributed by atoms with Crippen molar-refractivity contribution in [2.45, 2.75) is 32.0 Å². The summed E-state index contributed by atoms with van der Waals surface area (Å²) < 4.78 is 5.23. The van der Waals surface area contributed by atoms with E-state index in [2.05, 4.69) is 50.9 Å². The van der Waals surface area contributed by atoms with E-state index < -0.39 is 0 Å². The number of phenols is 1. The number of aliphatic imine (C=N–C) groups is 1. The van der Waals surface area contributed by atoms with Gasteiger partial charge in [0.05, 0.1) is 7.11 Å². The molecule has 29 heavy (non-hydrogen) atoms. The van der Waals surface area contributed by atoms with Gasteiger partial charge in [0.15, 0.2) is 5.96 Å². The minimum Gasteiger partial charge on any atom is -0.508 e. The number of methoxy groups -OCH3 is 1. The largest absolute Gasteiger partial charge is 0.508 e. The predicted molar refractivity (Wildman–Crippen MR) is 128 cm³/mol. The zero-order valence-corrected chi connectivity index (χ0v) is 19.4. The molecule has 1 heterocycles. The maximum atomic E-state index is 10.0. The Hall–Kier alpha value is -2.00. The minimum atomic E-state index is 0. The molecule has 0 amide bonds. The minimum absolute atomic E-state index is 0. The molecule has 0 atom stereocenters. The molecule has 0 radical (unpaired) electrons. The van der Waals surface area contributed by atoms with Gasteiger partial charge in [-0.25, -0.2) is 0 Å². The Morgan fingerprint density at radius 3 is 2.55 bits per heavy atom. The standard InChI is InChI=1S/C22H30N4O2.HI/c1-23-22(24-15-18-14-20(28-2)8-9-21(18)27)25-19-10-12-26(13-11-19)16-17-6-4-3-5-7-17;/h3-9,14,19,27H,10-13,15-16H2,1-2H3,(H2,23,24,25);1H. The molecule has 7 heteroatoms. The third-order valence-corrected chi connectivity index (χ3v) is 5.13. The van der Waals surface area contributed by atoms with Crippen molar-refractivity contribution in [3.63, 3.8) is 0 Å². The molecule has 3 rings (SSSR count). The van der Waals surface area contributed by atoms with Crippen LogP contribution in [0.4, 0.5) is 0 Å². The Kier molecular flexibility index (Phi) is 9.53. The van der Waals surface area contributed by atoms with Gasteiger partial charge in [0.2, 0.25) is 0 Å². The van der Waals surface area contributed by atoms with E-state index in [9.17, 15) is 5.11 Å². The van der Waals surface area contributed by atoms with Gasteiger partial charge in [-0.3, -0.25) is 9.89 Å². The van der Waals surface area contributed by atoms with Crippen LogP contribution >= 0.6 is 24.0 Å². The summed E-state index contributed by atoms with van der Waals surface area (Å²) in [4.78, 5) is 6.82. The van der Waals surface area contributed by atoms with Crippen molar-refractivity contribution in [1.29, 1.82) is 0 Å². The average molecular weight is 510 g/mol. The highest BCUT2D eigenvalue weighted by Crippen LogP contribution is 2.22. The second-order valence-electron chi connectivity index (χ2n) is 7.10. The molecule has 3 N–H and O–H groups in total. The number of rotatable bonds is 6. The van der Waals surface area contributed by atoms with Gasteiger partial charge in [-0.1, -0.05) is 30.3 Å². The second kappa shape index (κ2) is 11.9. The number of halogens is 1. The van der Waals surface area contributed by atoms with Gasteiger partial charge in [0, 0.05) is 44.8 Å². The smallest absolute Gasteiger partial charge is 0.191 e. The molecule has 2 aromatic rings. The van der Waals surface area contributed by atoms with Crippen LogP contribution in [0.1, 0.15) is 24.0 Å². The summed E-state index contributed by atoms with van der Waals surface area (Å²) in [6.07, 6.45) is 2.16. The summed E-state index contributed by atoms with van der Waals surface area (Å²) in [7, 11) is 3.39. The quantitative estimate of drug-likeness (QED) is 0.316. The lowest BCUT2D eigenvalue weighted by Gasteiger charge is -2.33. The van der Waals surface area contributed by atoms with Crippen LogP contribution in [0.25, 0.3) is 0 Å². The first kappa shape index (κ1) is 23.3.